The second kappa shape index (κ2) is 15.6. The first-order valence-electron chi connectivity index (χ1n) is 10.3. The number of primary amides is 1. The van der Waals surface area contributed by atoms with Gasteiger partial charge in [0.15, 0.2) is 0 Å². The Kier molecular flexibility index (Phi) is 13.7. The predicted octanol–water partition coefficient (Wildman–Crippen LogP) is 2.78. The summed E-state index contributed by atoms with van der Waals surface area (Å²) in [4.78, 5) is 38.1. The number of carbonyl (C=O) groups excluding carboxylic acids is 3. The number of phosphoric ester groups is 1. The molecule has 200 valence electrons. The Hall–Kier alpha value is -2.36. The van der Waals surface area contributed by atoms with E-state index < -0.39 is 57.9 Å². The molecule has 17 heteroatoms. The molecular weight excluding hydrogens is 513 g/mol. The number of hydrogen-bond acceptors (Lipinski definition) is 15. The van der Waals surface area contributed by atoms with Crippen molar-refractivity contribution >= 4 is 37.6 Å². The third-order valence-corrected chi connectivity index (χ3v) is 5.64. The van der Waals surface area contributed by atoms with Crippen LogP contribution in [0.3, 0.4) is 0 Å². The normalized spacial score (nSPS) is 12.4. The number of aryl methyl sites for hydroxylation is 1. The number of methoxy groups -OCH3 is 1. The summed E-state index contributed by atoms with van der Waals surface area (Å²) in [6.45, 7) is 4.46. The quantitative estimate of drug-likeness (QED) is 0.182. The van der Waals surface area contributed by atoms with Crippen molar-refractivity contribution in [2.75, 3.05) is 27.3 Å². The number of hydrogen-bond donors (Lipinski definition) is 1. The Morgan fingerprint density at radius 3 is 1.94 bits per heavy atom. The molecule has 0 fully saturated rings. The number of nitrogens with two attached hydrogens (primary N) is 1. The van der Waals surface area contributed by atoms with Crippen molar-refractivity contribution in [3.05, 3.63) is 10.8 Å². The van der Waals surface area contributed by atoms with Crippen molar-refractivity contribution in [2.24, 2.45) is 5.73 Å². The summed E-state index contributed by atoms with van der Waals surface area (Å²) in [7, 11) is -3.01. The van der Waals surface area contributed by atoms with E-state index in [1.807, 2.05) is 0 Å². The van der Waals surface area contributed by atoms with Gasteiger partial charge in [-0.1, -0.05) is 0 Å². The van der Waals surface area contributed by atoms with E-state index >= 15 is 0 Å². The van der Waals surface area contributed by atoms with E-state index in [-0.39, 0.29) is 12.4 Å². The first-order valence-corrected chi connectivity index (χ1v) is 12.5. The summed E-state index contributed by atoms with van der Waals surface area (Å²) in [6, 6.07) is 0. The zero-order chi connectivity index (χ0) is 26.4. The van der Waals surface area contributed by atoms with Gasteiger partial charge in [-0.2, -0.15) is 4.37 Å². The molecule has 0 saturated heterocycles. The Balaban J connectivity index is 2.66. The van der Waals surface area contributed by atoms with E-state index in [1.165, 1.54) is 7.11 Å². The smallest absolute Gasteiger partial charge is 0.432 e. The number of phosphoric acid groups is 1. The molecule has 1 aromatic heterocycles. The summed E-state index contributed by atoms with van der Waals surface area (Å²) in [5.74, 6) is -0.832. The highest BCUT2D eigenvalue weighted by Gasteiger charge is 2.30. The average molecular weight is 543 g/mol. The summed E-state index contributed by atoms with van der Waals surface area (Å²) >= 11 is 1.01. The van der Waals surface area contributed by atoms with Gasteiger partial charge in [-0.15, -0.1) is 0 Å². The molecule has 0 saturated carbocycles. The molecule has 1 unspecified atom stereocenters. The van der Waals surface area contributed by atoms with Crippen molar-refractivity contribution in [2.45, 2.75) is 58.8 Å². The Bertz CT molecular complexity index is 834. The fraction of sp³-hybridized carbons (Fsp3) is 0.722. The molecule has 0 spiro atoms. The van der Waals surface area contributed by atoms with Gasteiger partial charge >= 0.3 is 20.1 Å². The zero-order valence-electron chi connectivity index (χ0n) is 20.0. The number of carbonyl (C=O) groups is 3. The predicted molar refractivity (Wildman–Crippen MR) is 118 cm³/mol. The minimum absolute atomic E-state index is 0.0893. The molecule has 0 aliphatic rings. The topological polar surface area (TPSA) is 194 Å². The van der Waals surface area contributed by atoms with Gasteiger partial charge in [0.05, 0.1) is 24.9 Å². The van der Waals surface area contributed by atoms with E-state index in [0.29, 0.717) is 17.8 Å². The molecule has 1 atom stereocenters. The fourth-order valence-electron chi connectivity index (χ4n) is 2.03. The lowest BCUT2D eigenvalue weighted by molar-refractivity contribution is -0.0516. The third-order valence-electron chi connectivity index (χ3n) is 3.56. The Morgan fingerprint density at radius 1 is 0.971 bits per heavy atom. The highest BCUT2D eigenvalue weighted by atomic mass is 32.1. The molecule has 15 nitrogen and oxygen atoms in total. The standard InChI is InChI=1S/C18H30N3O12PS/c1-11(2)32-17(23)27-9-30-34(25,31-10-28-18(24)33-12(3)4)29-8-13(26-5)6-7-14-20-16(15(19)22)21-35-14/h11-13H,6-10H2,1-5H3,(H2,19,22). The monoisotopic (exact) mass is 543 g/mol. The van der Waals surface area contributed by atoms with Gasteiger partial charge in [0, 0.05) is 13.5 Å². The number of rotatable bonds is 16. The van der Waals surface area contributed by atoms with Gasteiger partial charge < -0.3 is 29.4 Å². The first kappa shape index (κ1) is 30.7. The highest BCUT2D eigenvalue weighted by molar-refractivity contribution is 7.48. The molecular formula is C18H30N3O12PS. The molecule has 1 heterocycles. The van der Waals surface area contributed by atoms with E-state index in [1.54, 1.807) is 27.7 Å². The number of nitrogens with zero attached hydrogens (tertiary/aromatic N) is 2. The van der Waals surface area contributed by atoms with Crippen LogP contribution in [-0.4, -0.2) is 73.2 Å². The van der Waals surface area contributed by atoms with Crippen LogP contribution in [0.15, 0.2) is 0 Å². The number of aromatic nitrogens is 2. The third kappa shape index (κ3) is 13.3. The largest absolute Gasteiger partial charge is 0.510 e. The second-order valence-electron chi connectivity index (χ2n) is 7.13. The van der Waals surface area contributed by atoms with E-state index in [2.05, 4.69) is 18.8 Å². The zero-order valence-corrected chi connectivity index (χ0v) is 21.7. The highest BCUT2D eigenvalue weighted by Crippen LogP contribution is 2.49. The van der Waals surface area contributed by atoms with E-state index in [0.717, 1.165) is 11.5 Å². The summed E-state index contributed by atoms with van der Waals surface area (Å²) < 4.78 is 56.1. The molecule has 1 aromatic rings. The lowest BCUT2D eigenvalue weighted by Crippen LogP contribution is -2.21. The minimum atomic E-state index is -4.40. The van der Waals surface area contributed by atoms with Gasteiger partial charge in [0.2, 0.25) is 19.4 Å². The first-order chi connectivity index (χ1) is 16.4. The SMILES string of the molecule is COC(CCc1nc(C(N)=O)ns1)COP(=O)(OCOC(=O)OC(C)C)OCOC(=O)OC(C)C. The van der Waals surface area contributed by atoms with Crippen LogP contribution in [0.1, 0.15) is 49.7 Å². The van der Waals surface area contributed by atoms with Crippen LogP contribution in [0.25, 0.3) is 0 Å². The summed E-state index contributed by atoms with van der Waals surface area (Å²) in [5.41, 5.74) is 5.13. The average Bonchev–Trinajstić information content (AvgIpc) is 3.22. The van der Waals surface area contributed by atoms with E-state index in [9.17, 15) is 18.9 Å². The lowest BCUT2D eigenvalue weighted by Gasteiger charge is -2.21. The van der Waals surface area contributed by atoms with Crippen LogP contribution in [0.5, 0.6) is 0 Å². The molecule has 0 aliphatic carbocycles. The van der Waals surface area contributed by atoms with Crippen LogP contribution in [0, 0.1) is 0 Å². The van der Waals surface area contributed by atoms with Crippen molar-refractivity contribution < 1.29 is 56.2 Å². The van der Waals surface area contributed by atoms with Crippen LogP contribution in [-0.2, 0) is 48.2 Å². The maximum atomic E-state index is 12.9. The Labute approximate surface area is 206 Å². The number of ether oxygens (including phenoxy) is 5. The maximum absolute atomic E-state index is 12.9. The molecule has 35 heavy (non-hydrogen) atoms. The second-order valence-corrected chi connectivity index (χ2v) is 9.64. The van der Waals surface area contributed by atoms with Crippen molar-refractivity contribution in [1.29, 1.82) is 0 Å². The van der Waals surface area contributed by atoms with Gasteiger partial charge in [-0.05, 0) is 45.6 Å². The molecule has 2 N–H and O–H groups in total. The summed E-state index contributed by atoms with van der Waals surface area (Å²) in [5, 5.41) is 0.533. The number of amides is 1. The lowest BCUT2D eigenvalue weighted by atomic mass is 10.2. The van der Waals surface area contributed by atoms with Gasteiger partial charge in [-0.3, -0.25) is 9.32 Å². The molecule has 0 radical (unpaired) electrons. The molecule has 1 amide bonds. The van der Waals surface area contributed by atoms with Crippen LogP contribution in [0.4, 0.5) is 9.59 Å². The minimum Gasteiger partial charge on any atom is -0.432 e. The maximum Gasteiger partial charge on any atom is 0.510 e. The van der Waals surface area contributed by atoms with E-state index in [4.69, 9.17) is 33.5 Å². The van der Waals surface area contributed by atoms with Crippen LogP contribution < -0.4 is 5.73 Å². The van der Waals surface area contributed by atoms with Crippen molar-refractivity contribution in [3.8, 4) is 0 Å². The molecule has 0 bridgehead atoms. The van der Waals surface area contributed by atoms with Gasteiger partial charge in [0.1, 0.15) is 5.01 Å². The van der Waals surface area contributed by atoms with Gasteiger partial charge in [0.25, 0.3) is 5.91 Å². The van der Waals surface area contributed by atoms with Crippen LogP contribution >= 0.6 is 19.4 Å². The van der Waals surface area contributed by atoms with Gasteiger partial charge in [-0.25, -0.2) is 28.2 Å². The summed E-state index contributed by atoms with van der Waals surface area (Å²) in [6.07, 6.45) is -2.95. The molecule has 0 aliphatic heterocycles. The fourth-order valence-corrected chi connectivity index (χ4v) is 3.62. The molecule has 1 rings (SSSR count). The van der Waals surface area contributed by atoms with Crippen molar-refractivity contribution in [1.82, 2.24) is 9.36 Å². The van der Waals surface area contributed by atoms with Crippen LogP contribution in [0.2, 0.25) is 0 Å². The van der Waals surface area contributed by atoms with Crippen molar-refractivity contribution in [3.63, 3.8) is 0 Å². The molecule has 0 aromatic carbocycles. The Morgan fingerprint density at radius 2 is 1.51 bits per heavy atom.